The summed E-state index contributed by atoms with van der Waals surface area (Å²) in [5, 5.41) is 20.4. The van der Waals surface area contributed by atoms with Crippen LogP contribution in [0, 0.1) is 101 Å². The number of aryl methyl sites for hydroxylation is 2. The van der Waals surface area contributed by atoms with Crippen molar-refractivity contribution in [2.75, 3.05) is 13.2 Å². The Hall–Kier alpha value is -1.80. The van der Waals surface area contributed by atoms with Gasteiger partial charge >= 0.3 is 0 Å². The molecular weight excluding hydrogens is 885 g/mol. The lowest BCUT2D eigenvalue weighted by molar-refractivity contribution is -0.233. The molecular formula is C64H100N6O2. The summed E-state index contributed by atoms with van der Waals surface area (Å²) in [6, 6.07) is 0. The lowest BCUT2D eigenvalue weighted by Crippen LogP contribution is -2.67. The molecule has 2 aromatic rings. The summed E-state index contributed by atoms with van der Waals surface area (Å²) in [6.07, 6.45) is 27.2. The maximum atomic E-state index is 6.92. The highest BCUT2D eigenvalue weighted by Gasteiger charge is 2.75. The zero-order chi connectivity index (χ0) is 50.5. The van der Waals surface area contributed by atoms with E-state index in [0.29, 0.717) is 67.4 Å². The topological polar surface area (TPSA) is 79.9 Å². The van der Waals surface area contributed by atoms with Crippen LogP contribution in [0.4, 0.5) is 0 Å². The van der Waals surface area contributed by atoms with E-state index in [2.05, 4.69) is 106 Å². The molecule has 12 aliphatic rings. The van der Waals surface area contributed by atoms with E-state index >= 15 is 0 Å². The Morgan fingerprint density at radius 2 is 0.931 bits per heavy atom. The summed E-state index contributed by atoms with van der Waals surface area (Å²) in [5.74, 6) is 5.79. The molecule has 8 heteroatoms. The van der Waals surface area contributed by atoms with Crippen molar-refractivity contribution in [1.29, 1.82) is 0 Å². The molecule has 0 spiro atoms. The highest BCUT2D eigenvalue weighted by Crippen LogP contribution is 2.80. The highest BCUT2D eigenvalue weighted by atomic mass is 16.5. The van der Waals surface area contributed by atoms with Crippen LogP contribution in [0.5, 0.6) is 0 Å². The maximum absolute atomic E-state index is 6.92. The third kappa shape index (κ3) is 5.66. The molecule has 14 rings (SSSR count). The molecule has 8 nitrogen and oxygen atoms in total. The predicted octanol–water partition coefficient (Wildman–Crippen LogP) is 14.2. The minimum absolute atomic E-state index is 0.0184. The fourth-order valence-corrected chi connectivity index (χ4v) is 25.6. The number of aromatic nitrogens is 6. The summed E-state index contributed by atoms with van der Waals surface area (Å²) in [7, 11) is 0. The zero-order valence-corrected chi connectivity index (χ0v) is 48.2. The van der Waals surface area contributed by atoms with Gasteiger partial charge in [-0.1, -0.05) is 107 Å². The van der Waals surface area contributed by atoms with Crippen LogP contribution >= 0.6 is 0 Å². The molecule has 10 fully saturated rings. The molecule has 72 heavy (non-hydrogen) atoms. The standard InChI is InChI=1S/C64H100N6O2/c1-53(2)25-29-63-31-27-59(11)39(47(63)51(53)71-37-63)17-19-45-57(9)35-41-50(56(7,8)44(57)22-24-61(45,59)13)70(67-65-41)34-16-15-33-69-42-36-58(10)43(55(5,6)49(42)66-68-69)21-23-62(14)46(58)20-18-40-48-52-54(3,4)26-30-64(48,38-72-52)32-28-60(40,62)12/h39-40,43-48,51-52H,15-38H2,1-14H3/t39-,40-,43+,44+,45-,46-,47+,48+,51-,52-,57+,58+,59-,60-,61-,62-,63-,64-/m1/s1. The first-order valence-electron chi connectivity index (χ1n) is 30.9. The summed E-state index contributed by atoms with van der Waals surface area (Å²) >= 11 is 0. The molecule has 2 saturated heterocycles. The Labute approximate surface area is 436 Å². The average Bonchev–Trinajstić information content (AvgIpc) is 4.08. The highest BCUT2D eigenvalue weighted by molar-refractivity contribution is 5.34. The Kier molecular flexibility index (Phi) is 9.88. The molecule has 0 unspecified atom stereocenters. The van der Waals surface area contributed by atoms with Crippen LogP contribution in [0.15, 0.2) is 0 Å². The van der Waals surface area contributed by atoms with Crippen molar-refractivity contribution in [2.24, 2.45) is 101 Å². The van der Waals surface area contributed by atoms with Crippen LogP contribution in [-0.2, 0) is 46.2 Å². The van der Waals surface area contributed by atoms with Gasteiger partial charge in [0.15, 0.2) is 0 Å². The van der Waals surface area contributed by atoms with Crippen molar-refractivity contribution in [2.45, 2.75) is 261 Å². The van der Waals surface area contributed by atoms with Crippen LogP contribution < -0.4 is 0 Å². The Morgan fingerprint density at radius 3 is 1.47 bits per heavy atom. The monoisotopic (exact) mass is 985 g/mol. The molecule has 0 amide bonds. The summed E-state index contributed by atoms with van der Waals surface area (Å²) < 4.78 is 18.6. The van der Waals surface area contributed by atoms with E-state index in [0.717, 1.165) is 87.5 Å². The first-order chi connectivity index (χ1) is 33.8. The number of rotatable bonds is 5. The van der Waals surface area contributed by atoms with Crippen molar-refractivity contribution in [3.63, 3.8) is 0 Å². The summed E-state index contributed by atoms with van der Waals surface area (Å²) in [6.45, 7) is 41.0. The van der Waals surface area contributed by atoms with Gasteiger partial charge in [0.25, 0.3) is 0 Å². The van der Waals surface area contributed by atoms with Gasteiger partial charge in [-0.3, -0.25) is 0 Å². The smallest absolute Gasteiger partial charge is 0.0918 e. The molecule has 8 saturated carbocycles. The SMILES string of the molecule is CC1(C)CC[C@]23CC[C@]4(C)[C@H](CC[C@@H]5[C@@]6(C)Cc7c(nnn7CCCCn7nnc8c7C(C)(C)[C@@H]7CC[C@]9(C)[C@H](CC[C@@H]%10[C@H]%11[C@H]%12OC[C@@]%11(CCC%12(C)C)CC[C@]%109C)[C@@]7(C)C8)C(C)(C)[C@@H]6CC[C@]54C)[C@H]2[C@H]1OC3. The van der Waals surface area contributed by atoms with E-state index in [9.17, 15) is 0 Å². The van der Waals surface area contributed by atoms with Crippen molar-refractivity contribution in [3.05, 3.63) is 22.8 Å². The molecule has 2 aliphatic heterocycles. The quantitative estimate of drug-likeness (QED) is 0.278. The van der Waals surface area contributed by atoms with E-state index < -0.39 is 0 Å². The first-order valence-corrected chi connectivity index (χ1v) is 30.9. The van der Waals surface area contributed by atoms with Crippen molar-refractivity contribution in [3.8, 4) is 0 Å². The van der Waals surface area contributed by atoms with Gasteiger partial charge in [0, 0.05) is 23.9 Å². The molecule has 398 valence electrons. The Morgan fingerprint density at radius 1 is 0.458 bits per heavy atom. The van der Waals surface area contributed by atoms with Gasteiger partial charge in [0.05, 0.1) is 48.2 Å². The van der Waals surface area contributed by atoms with Crippen LogP contribution in [0.25, 0.3) is 0 Å². The van der Waals surface area contributed by atoms with Gasteiger partial charge in [0.2, 0.25) is 0 Å². The number of unbranched alkanes of at least 4 members (excludes halogenated alkanes) is 1. The molecule has 0 aromatic carbocycles. The normalized spacial score (nSPS) is 52.2. The fraction of sp³-hybridized carbons (Fsp3) is 0.938. The molecule has 4 heterocycles. The van der Waals surface area contributed by atoms with Gasteiger partial charge in [0.1, 0.15) is 0 Å². The molecule has 10 aliphatic carbocycles. The minimum atomic E-state index is 0.0184. The number of fused-ring (bicyclic) bond motifs is 12. The van der Waals surface area contributed by atoms with Crippen LogP contribution in [0.3, 0.4) is 0 Å². The Bertz CT molecular complexity index is 2550. The van der Waals surface area contributed by atoms with Gasteiger partial charge in [-0.2, -0.15) is 0 Å². The molecule has 18 atom stereocenters. The van der Waals surface area contributed by atoms with E-state index in [1.54, 1.807) is 0 Å². The zero-order valence-electron chi connectivity index (χ0n) is 48.2. The third-order valence-corrected chi connectivity index (χ3v) is 29.5. The largest absolute Gasteiger partial charge is 0.377 e. The fourth-order valence-electron chi connectivity index (χ4n) is 25.6. The Balaban J connectivity index is 0.680. The second-order valence-electron chi connectivity index (χ2n) is 33.3. The van der Waals surface area contributed by atoms with E-state index in [-0.39, 0.29) is 21.7 Å². The van der Waals surface area contributed by atoms with E-state index in [1.807, 2.05) is 0 Å². The molecule has 2 aromatic heterocycles. The van der Waals surface area contributed by atoms with Crippen molar-refractivity contribution < 1.29 is 9.47 Å². The molecule has 4 bridgehead atoms. The number of ether oxygens (including phenoxy) is 2. The molecule has 0 radical (unpaired) electrons. The minimum Gasteiger partial charge on any atom is -0.377 e. The van der Waals surface area contributed by atoms with E-state index in [1.165, 1.54) is 126 Å². The summed E-state index contributed by atoms with van der Waals surface area (Å²) in [4.78, 5) is 0. The first kappa shape index (κ1) is 48.6. The lowest BCUT2D eigenvalue weighted by atomic mass is 9.31. The van der Waals surface area contributed by atoms with Crippen LogP contribution in [-0.4, -0.2) is 55.4 Å². The second-order valence-corrected chi connectivity index (χ2v) is 33.3. The van der Waals surface area contributed by atoms with Crippen molar-refractivity contribution >= 4 is 0 Å². The number of hydrogen-bond donors (Lipinski definition) is 0. The van der Waals surface area contributed by atoms with Crippen molar-refractivity contribution in [1.82, 2.24) is 30.0 Å². The van der Waals surface area contributed by atoms with Crippen LogP contribution in [0.2, 0.25) is 0 Å². The van der Waals surface area contributed by atoms with Gasteiger partial charge in [-0.15, -0.1) is 10.2 Å². The second kappa shape index (κ2) is 14.7. The maximum Gasteiger partial charge on any atom is 0.0918 e. The lowest BCUT2D eigenvalue weighted by Gasteiger charge is -2.72. The molecule has 0 N–H and O–H groups in total. The van der Waals surface area contributed by atoms with Crippen LogP contribution in [0.1, 0.15) is 235 Å². The van der Waals surface area contributed by atoms with Gasteiger partial charge in [-0.25, -0.2) is 9.36 Å². The third-order valence-electron chi connectivity index (χ3n) is 29.5. The predicted molar refractivity (Wildman–Crippen MR) is 285 cm³/mol. The number of hydrogen-bond acceptors (Lipinski definition) is 6. The number of nitrogens with zero attached hydrogens (tertiary/aromatic N) is 6. The van der Waals surface area contributed by atoms with E-state index in [4.69, 9.17) is 30.1 Å². The van der Waals surface area contributed by atoms with Gasteiger partial charge in [-0.05, 0) is 230 Å². The average molecular weight is 986 g/mol. The summed E-state index contributed by atoms with van der Waals surface area (Å²) in [5.41, 5.74) is 8.96. The van der Waals surface area contributed by atoms with Gasteiger partial charge < -0.3 is 9.47 Å².